The normalized spacial score (nSPS) is 12.1. The molecule has 1 aromatic carbocycles. The zero-order valence-electron chi connectivity index (χ0n) is 13.0. The van der Waals surface area contributed by atoms with E-state index >= 15 is 0 Å². The number of halogens is 1. The van der Waals surface area contributed by atoms with Crippen molar-refractivity contribution < 1.29 is 18.5 Å². The smallest absolute Gasteiger partial charge is 0.283 e. The molecule has 0 saturated carbocycles. The first-order valence-electron chi connectivity index (χ1n) is 7.34. The Hall–Kier alpha value is -2.64. The summed E-state index contributed by atoms with van der Waals surface area (Å²) in [7, 11) is 1.86. The van der Waals surface area contributed by atoms with Gasteiger partial charge in [-0.15, -0.1) is 10.2 Å². The second-order valence-corrected chi connectivity index (χ2v) is 5.72. The first-order chi connectivity index (χ1) is 11.6. The maximum absolute atomic E-state index is 12.1. The number of carbonyl (C=O) groups is 1. The van der Waals surface area contributed by atoms with Crippen molar-refractivity contribution in [2.75, 3.05) is 18.9 Å². The molecule has 0 saturated heterocycles. The Morgan fingerprint density at radius 2 is 2.08 bits per heavy atom. The van der Waals surface area contributed by atoms with E-state index in [0.717, 1.165) is 4.90 Å². The predicted molar refractivity (Wildman–Crippen MR) is 87.5 cm³/mol. The van der Waals surface area contributed by atoms with Crippen LogP contribution in [0.25, 0.3) is 11.7 Å². The highest BCUT2D eigenvalue weighted by molar-refractivity contribution is 6.33. The Morgan fingerprint density at radius 3 is 2.83 bits per heavy atom. The number of benzene rings is 1. The Labute approximate surface area is 143 Å². The molecule has 0 aliphatic rings. The van der Waals surface area contributed by atoms with Crippen LogP contribution in [-0.2, 0) is 11.3 Å². The number of rotatable bonds is 6. The van der Waals surface area contributed by atoms with Gasteiger partial charge >= 0.3 is 0 Å². The molecule has 0 aliphatic carbocycles. The number of para-hydroxylation sites is 1. The lowest BCUT2D eigenvalue weighted by atomic mass is 10.3. The van der Waals surface area contributed by atoms with E-state index in [9.17, 15) is 4.79 Å². The van der Waals surface area contributed by atoms with Crippen molar-refractivity contribution in [1.82, 2.24) is 10.2 Å². The summed E-state index contributed by atoms with van der Waals surface area (Å²) >= 11 is 6.02. The maximum Gasteiger partial charge on any atom is 0.283 e. The molecule has 8 heteroatoms. The van der Waals surface area contributed by atoms with E-state index in [0.29, 0.717) is 34.8 Å². The molecule has 2 N–H and O–H groups in total. The van der Waals surface area contributed by atoms with Gasteiger partial charge in [-0.3, -0.25) is 4.79 Å². The zero-order chi connectivity index (χ0) is 16.9. The fourth-order valence-electron chi connectivity index (χ4n) is 2.18. The van der Waals surface area contributed by atoms with Crippen molar-refractivity contribution in [3.63, 3.8) is 0 Å². The molecule has 0 bridgehead atoms. The highest BCUT2D eigenvalue weighted by Gasteiger charge is 2.17. The molecule has 1 unspecified atom stereocenters. The van der Waals surface area contributed by atoms with Crippen molar-refractivity contribution >= 4 is 23.2 Å². The van der Waals surface area contributed by atoms with Gasteiger partial charge in [-0.05, 0) is 24.3 Å². The molecule has 2 heterocycles. The summed E-state index contributed by atoms with van der Waals surface area (Å²) in [4.78, 5) is 13.0. The van der Waals surface area contributed by atoms with Crippen LogP contribution in [0.1, 0.15) is 5.89 Å². The Kier molecular flexibility index (Phi) is 4.93. The van der Waals surface area contributed by atoms with Gasteiger partial charge in [0, 0.05) is 0 Å². The minimum Gasteiger partial charge on any atom is -0.459 e. The first-order valence-corrected chi connectivity index (χ1v) is 7.71. The Balaban J connectivity index is 1.55. The third-order valence-corrected chi connectivity index (χ3v) is 3.59. The van der Waals surface area contributed by atoms with E-state index in [1.165, 1.54) is 6.26 Å². The molecule has 3 rings (SSSR count). The molecule has 0 aliphatic heterocycles. The quantitative estimate of drug-likeness (QED) is 0.708. The average Bonchev–Trinajstić information content (AvgIpc) is 3.20. The van der Waals surface area contributed by atoms with E-state index in [-0.39, 0.29) is 12.5 Å². The van der Waals surface area contributed by atoms with Gasteiger partial charge in [0.1, 0.15) is 0 Å². The van der Waals surface area contributed by atoms with Crippen molar-refractivity contribution in [3.05, 3.63) is 53.6 Å². The van der Waals surface area contributed by atoms with Gasteiger partial charge in [-0.2, -0.15) is 0 Å². The highest BCUT2D eigenvalue weighted by atomic mass is 35.5. The lowest BCUT2D eigenvalue weighted by Gasteiger charge is -2.12. The molecular formula is C16H16ClN4O3+. The molecule has 2 aromatic heterocycles. The first kappa shape index (κ1) is 16.2. The molecular weight excluding hydrogens is 332 g/mol. The molecule has 7 nitrogen and oxygen atoms in total. The van der Waals surface area contributed by atoms with Gasteiger partial charge in [0.05, 0.1) is 24.0 Å². The fourth-order valence-corrected chi connectivity index (χ4v) is 2.36. The van der Waals surface area contributed by atoms with Crippen molar-refractivity contribution in [3.8, 4) is 11.7 Å². The second kappa shape index (κ2) is 7.29. The Bertz CT molecular complexity index is 816. The SMILES string of the molecule is C[NH+](CC(=O)Nc1ccccc1Cl)Cc1nnc(-c2ccco2)o1. The number of furan rings is 1. The average molecular weight is 348 g/mol. The minimum atomic E-state index is -0.147. The number of nitrogens with one attached hydrogen (secondary N) is 2. The third kappa shape index (κ3) is 4.01. The van der Waals surface area contributed by atoms with Crippen LogP contribution < -0.4 is 10.2 Å². The van der Waals surface area contributed by atoms with E-state index in [2.05, 4.69) is 15.5 Å². The molecule has 1 amide bonds. The molecule has 0 radical (unpaired) electrons. The minimum absolute atomic E-state index is 0.147. The number of carbonyl (C=O) groups excluding carboxylic acids is 1. The number of nitrogens with zero attached hydrogens (tertiary/aromatic N) is 2. The number of quaternary nitrogens is 1. The van der Waals surface area contributed by atoms with Crippen molar-refractivity contribution in [1.29, 1.82) is 0 Å². The topological polar surface area (TPSA) is 85.6 Å². The van der Waals surface area contributed by atoms with Gasteiger partial charge in [-0.1, -0.05) is 23.7 Å². The van der Waals surface area contributed by atoms with Gasteiger partial charge in [0.25, 0.3) is 17.7 Å². The summed E-state index contributed by atoms with van der Waals surface area (Å²) in [5.41, 5.74) is 0.592. The van der Waals surface area contributed by atoms with E-state index < -0.39 is 0 Å². The summed E-state index contributed by atoms with van der Waals surface area (Å²) in [6, 6.07) is 10.6. The van der Waals surface area contributed by atoms with Crippen molar-refractivity contribution in [2.24, 2.45) is 0 Å². The van der Waals surface area contributed by atoms with Crippen LogP contribution in [0.4, 0.5) is 5.69 Å². The maximum atomic E-state index is 12.1. The van der Waals surface area contributed by atoms with Gasteiger partial charge in [-0.25, -0.2) is 0 Å². The third-order valence-electron chi connectivity index (χ3n) is 3.26. The number of aromatic nitrogens is 2. The van der Waals surface area contributed by atoms with Crippen LogP contribution in [0.15, 0.2) is 51.5 Å². The highest BCUT2D eigenvalue weighted by Crippen LogP contribution is 2.20. The fraction of sp³-hybridized carbons (Fsp3) is 0.188. The van der Waals surface area contributed by atoms with E-state index in [4.69, 9.17) is 20.4 Å². The molecule has 24 heavy (non-hydrogen) atoms. The van der Waals surface area contributed by atoms with E-state index in [1.54, 1.807) is 24.3 Å². The van der Waals surface area contributed by atoms with Gasteiger partial charge in [0.2, 0.25) is 0 Å². The van der Waals surface area contributed by atoms with Crippen LogP contribution in [-0.4, -0.2) is 29.7 Å². The standard InChI is InChI=1S/C16H15ClN4O3/c1-21(9-14(22)18-12-6-3-2-5-11(12)17)10-15-19-20-16(24-15)13-7-4-8-23-13/h2-8H,9-10H2,1H3,(H,18,22)/p+1. The van der Waals surface area contributed by atoms with E-state index in [1.807, 2.05) is 19.2 Å². The zero-order valence-corrected chi connectivity index (χ0v) is 13.7. The molecule has 1 atom stereocenters. The van der Waals surface area contributed by atoms with Crippen LogP contribution in [0, 0.1) is 0 Å². The van der Waals surface area contributed by atoms with Crippen LogP contribution in [0.5, 0.6) is 0 Å². The summed E-state index contributed by atoms with van der Waals surface area (Å²) in [6.07, 6.45) is 1.54. The lowest BCUT2D eigenvalue weighted by molar-refractivity contribution is -0.886. The van der Waals surface area contributed by atoms with Crippen LogP contribution >= 0.6 is 11.6 Å². The largest absolute Gasteiger partial charge is 0.459 e. The van der Waals surface area contributed by atoms with Crippen molar-refractivity contribution in [2.45, 2.75) is 6.54 Å². The number of hydrogen-bond acceptors (Lipinski definition) is 5. The predicted octanol–water partition coefficient (Wildman–Crippen LogP) is 1.64. The summed E-state index contributed by atoms with van der Waals surface area (Å²) in [5.74, 6) is 1.13. The molecule has 0 spiro atoms. The molecule has 3 aromatic rings. The molecule has 0 fully saturated rings. The monoisotopic (exact) mass is 347 g/mol. The summed E-state index contributed by atoms with van der Waals surface area (Å²) in [5, 5.41) is 11.2. The number of anilines is 1. The van der Waals surface area contributed by atoms with Crippen LogP contribution in [0.2, 0.25) is 5.02 Å². The van der Waals surface area contributed by atoms with Gasteiger partial charge < -0.3 is 19.1 Å². The Morgan fingerprint density at radius 1 is 1.25 bits per heavy atom. The number of hydrogen-bond donors (Lipinski definition) is 2. The van der Waals surface area contributed by atoms with Gasteiger partial charge in [0.15, 0.2) is 18.8 Å². The molecule has 124 valence electrons. The number of likely N-dealkylation sites (N-methyl/N-ethyl adjacent to an activating group) is 1. The summed E-state index contributed by atoms with van der Waals surface area (Å²) in [6.45, 7) is 0.660. The summed E-state index contributed by atoms with van der Waals surface area (Å²) < 4.78 is 10.7. The lowest BCUT2D eigenvalue weighted by Crippen LogP contribution is -3.08. The number of amides is 1. The van der Waals surface area contributed by atoms with Crippen LogP contribution in [0.3, 0.4) is 0 Å². The second-order valence-electron chi connectivity index (χ2n) is 5.32.